The van der Waals surface area contributed by atoms with E-state index in [2.05, 4.69) is 20.5 Å². The van der Waals surface area contributed by atoms with Crippen LogP contribution in [0.25, 0.3) is 0 Å². The molecule has 14 heavy (non-hydrogen) atoms. The van der Waals surface area contributed by atoms with E-state index in [0.717, 1.165) is 0 Å². The van der Waals surface area contributed by atoms with E-state index < -0.39 is 0 Å². The summed E-state index contributed by atoms with van der Waals surface area (Å²) in [6.45, 7) is 4.12. The molecule has 0 fully saturated rings. The van der Waals surface area contributed by atoms with E-state index in [4.69, 9.17) is 5.11 Å². The van der Waals surface area contributed by atoms with Gasteiger partial charge >= 0.3 is 0 Å². The number of aromatic amines is 1. The van der Waals surface area contributed by atoms with E-state index in [9.17, 15) is 4.79 Å². The fourth-order valence-corrected chi connectivity index (χ4v) is 0.774. The number of aliphatic hydroxyl groups excluding tert-OH is 1. The summed E-state index contributed by atoms with van der Waals surface area (Å²) in [5, 5.41) is 17.6. The normalized spacial score (nSPS) is 11.4. The van der Waals surface area contributed by atoms with Gasteiger partial charge in [-0.05, 0) is 0 Å². The van der Waals surface area contributed by atoms with Crippen molar-refractivity contribution in [3.63, 3.8) is 0 Å². The minimum atomic E-state index is -0.324. The molecule has 0 aliphatic heterocycles. The molecular weight excluding hydrogens is 184 g/mol. The van der Waals surface area contributed by atoms with Gasteiger partial charge in [0.05, 0.1) is 0 Å². The first kappa shape index (κ1) is 10.6. The van der Waals surface area contributed by atoms with Crippen LogP contribution >= 0.6 is 0 Å². The van der Waals surface area contributed by atoms with Crippen LogP contribution in [0.2, 0.25) is 0 Å². The molecule has 3 N–H and O–H groups in total. The second-order valence-electron chi connectivity index (χ2n) is 3.84. The van der Waals surface area contributed by atoms with Crippen molar-refractivity contribution in [1.29, 1.82) is 0 Å². The van der Waals surface area contributed by atoms with Crippen molar-refractivity contribution < 1.29 is 9.90 Å². The van der Waals surface area contributed by atoms with Crippen molar-refractivity contribution in [1.82, 2.24) is 20.5 Å². The van der Waals surface area contributed by atoms with E-state index in [1.807, 2.05) is 13.8 Å². The summed E-state index contributed by atoms with van der Waals surface area (Å²) in [7, 11) is 0. The Kier molecular flexibility index (Phi) is 3.19. The van der Waals surface area contributed by atoms with E-state index in [0.29, 0.717) is 6.54 Å². The van der Waals surface area contributed by atoms with Gasteiger partial charge in [0.1, 0.15) is 6.33 Å². The van der Waals surface area contributed by atoms with Crippen LogP contribution in [0.5, 0.6) is 0 Å². The van der Waals surface area contributed by atoms with Gasteiger partial charge in [-0.25, -0.2) is 4.98 Å². The van der Waals surface area contributed by atoms with Gasteiger partial charge in [0.2, 0.25) is 5.82 Å². The zero-order valence-corrected chi connectivity index (χ0v) is 8.24. The summed E-state index contributed by atoms with van der Waals surface area (Å²) in [6.07, 6.45) is 1.27. The fraction of sp³-hybridized carbons (Fsp3) is 0.625. The molecule has 1 rings (SSSR count). The molecule has 0 aromatic carbocycles. The number of carbonyl (C=O) groups is 1. The number of aromatic nitrogens is 3. The van der Waals surface area contributed by atoms with Crippen molar-refractivity contribution >= 4 is 5.91 Å². The van der Waals surface area contributed by atoms with Crippen LogP contribution in [0, 0.1) is 5.41 Å². The Labute approximate surface area is 81.7 Å². The Bertz CT molecular complexity index is 294. The Balaban J connectivity index is 2.43. The van der Waals surface area contributed by atoms with Gasteiger partial charge in [-0.1, -0.05) is 13.8 Å². The Morgan fingerprint density at radius 2 is 2.43 bits per heavy atom. The predicted octanol–water partition coefficient (Wildman–Crippen LogP) is -0.447. The topological polar surface area (TPSA) is 90.9 Å². The average Bonchev–Trinajstić information content (AvgIpc) is 2.67. The first-order valence-electron chi connectivity index (χ1n) is 4.29. The predicted molar refractivity (Wildman–Crippen MR) is 49.6 cm³/mol. The molecule has 1 aromatic heterocycles. The van der Waals surface area contributed by atoms with Gasteiger partial charge in [0, 0.05) is 18.6 Å². The molecule has 78 valence electrons. The van der Waals surface area contributed by atoms with Gasteiger partial charge in [-0.3, -0.25) is 9.89 Å². The summed E-state index contributed by atoms with van der Waals surface area (Å²) in [6, 6.07) is 0. The third-order valence-corrected chi connectivity index (χ3v) is 1.79. The fourth-order valence-electron chi connectivity index (χ4n) is 0.774. The van der Waals surface area contributed by atoms with Gasteiger partial charge in [-0.2, -0.15) is 5.10 Å². The second kappa shape index (κ2) is 4.19. The van der Waals surface area contributed by atoms with Gasteiger partial charge in [-0.15, -0.1) is 0 Å². The number of nitrogens with zero attached hydrogens (tertiary/aromatic N) is 2. The number of rotatable bonds is 4. The molecule has 0 spiro atoms. The molecule has 1 heterocycles. The number of amides is 1. The van der Waals surface area contributed by atoms with E-state index >= 15 is 0 Å². The highest BCUT2D eigenvalue weighted by molar-refractivity contribution is 5.90. The Morgan fingerprint density at radius 3 is 2.93 bits per heavy atom. The van der Waals surface area contributed by atoms with Crippen LogP contribution in [0.4, 0.5) is 0 Å². The molecule has 0 atom stereocenters. The number of nitrogens with one attached hydrogen (secondary N) is 2. The van der Waals surface area contributed by atoms with E-state index in [1.54, 1.807) is 0 Å². The quantitative estimate of drug-likeness (QED) is 0.611. The van der Waals surface area contributed by atoms with Crippen molar-refractivity contribution in [2.24, 2.45) is 5.41 Å². The molecule has 1 amide bonds. The summed E-state index contributed by atoms with van der Waals surface area (Å²) in [5.41, 5.74) is -0.324. The molecule has 0 saturated carbocycles. The summed E-state index contributed by atoms with van der Waals surface area (Å²) in [4.78, 5) is 15.0. The first-order valence-corrected chi connectivity index (χ1v) is 4.29. The lowest BCUT2D eigenvalue weighted by Gasteiger charge is -2.21. The minimum Gasteiger partial charge on any atom is -0.396 e. The first-order chi connectivity index (χ1) is 6.55. The molecule has 0 bridgehead atoms. The molecule has 0 aliphatic rings. The highest BCUT2D eigenvalue weighted by Crippen LogP contribution is 2.11. The van der Waals surface area contributed by atoms with Crippen LogP contribution < -0.4 is 5.32 Å². The lowest BCUT2D eigenvalue weighted by Crippen LogP contribution is -2.36. The Hall–Kier alpha value is -1.43. The monoisotopic (exact) mass is 198 g/mol. The minimum absolute atomic E-state index is 0.0175. The number of hydrogen-bond donors (Lipinski definition) is 3. The van der Waals surface area contributed by atoms with Crippen molar-refractivity contribution in [2.45, 2.75) is 13.8 Å². The number of carbonyl (C=O) groups excluding carboxylic acids is 1. The van der Waals surface area contributed by atoms with Gasteiger partial charge < -0.3 is 10.4 Å². The zero-order chi connectivity index (χ0) is 10.6. The third-order valence-electron chi connectivity index (χ3n) is 1.79. The number of hydrogen-bond acceptors (Lipinski definition) is 4. The summed E-state index contributed by atoms with van der Waals surface area (Å²) in [5.74, 6) is -0.136. The molecule has 0 unspecified atom stereocenters. The maximum atomic E-state index is 11.3. The lowest BCUT2D eigenvalue weighted by molar-refractivity contribution is 0.0901. The molecule has 6 nitrogen and oxygen atoms in total. The molecule has 1 aromatic rings. The molecule has 6 heteroatoms. The Morgan fingerprint density at radius 1 is 1.71 bits per heavy atom. The van der Waals surface area contributed by atoms with Gasteiger partial charge in [0.25, 0.3) is 5.91 Å². The van der Waals surface area contributed by atoms with Crippen LogP contribution in [0.1, 0.15) is 24.5 Å². The highest BCUT2D eigenvalue weighted by Gasteiger charge is 2.18. The summed E-state index contributed by atoms with van der Waals surface area (Å²) < 4.78 is 0. The number of aliphatic hydroxyl groups is 1. The third kappa shape index (κ3) is 2.81. The van der Waals surface area contributed by atoms with Crippen LogP contribution in [-0.2, 0) is 0 Å². The van der Waals surface area contributed by atoms with Crippen molar-refractivity contribution in [3.05, 3.63) is 12.2 Å². The SMILES string of the molecule is CC(C)(CO)CNC(=O)c1ncn[nH]1. The maximum absolute atomic E-state index is 11.3. The second-order valence-corrected chi connectivity index (χ2v) is 3.84. The van der Waals surface area contributed by atoms with Crippen molar-refractivity contribution in [3.8, 4) is 0 Å². The average molecular weight is 198 g/mol. The van der Waals surface area contributed by atoms with Crippen LogP contribution in [0.3, 0.4) is 0 Å². The largest absolute Gasteiger partial charge is 0.396 e. The standard InChI is InChI=1S/C8H14N4O2/c1-8(2,4-13)3-9-7(14)6-10-5-11-12-6/h5,13H,3-4H2,1-2H3,(H,9,14)(H,10,11,12). The van der Waals surface area contributed by atoms with Crippen LogP contribution in [0.15, 0.2) is 6.33 Å². The van der Waals surface area contributed by atoms with Gasteiger partial charge in [0.15, 0.2) is 0 Å². The summed E-state index contributed by atoms with van der Waals surface area (Å²) >= 11 is 0. The molecule has 0 aliphatic carbocycles. The lowest BCUT2D eigenvalue weighted by atomic mass is 9.95. The maximum Gasteiger partial charge on any atom is 0.288 e. The van der Waals surface area contributed by atoms with Crippen molar-refractivity contribution in [2.75, 3.05) is 13.2 Å². The van der Waals surface area contributed by atoms with E-state index in [-0.39, 0.29) is 23.8 Å². The zero-order valence-electron chi connectivity index (χ0n) is 8.24. The molecule has 0 radical (unpaired) electrons. The number of H-pyrrole nitrogens is 1. The van der Waals surface area contributed by atoms with E-state index in [1.165, 1.54) is 6.33 Å². The molecule has 0 saturated heterocycles. The highest BCUT2D eigenvalue weighted by atomic mass is 16.3. The smallest absolute Gasteiger partial charge is 0.288 e. The van der Waals surface area contributed by atoms with Crippen LogP contribution in [-0.4, -0.2) is 39.3 Å². The molecular formula is C8H14N4O2.